The molecule has 3 aromatic carbocycles. The van der Waals surface area contributed by atoms with Crippen LogP contribution in [0, 0.1) is 16.0 Å². The van der Waals surface area contributed by atoms with Gasteiger partial charge in [-0.2, -0.15) is 0 Å². The average molecular weight is 500 g/mol. The molecule has 0 bridgehead atoms. The Morgan fingerprint density at radius 2 is 1.57 bits per heavy atom. The minimum absolute atomic E-state index is 0.0636. The molecule has 0 unspecified atom stereocenters. The molecule has 0 radical (unpaired) electrons. The molecule has 2 heterocycles. The first-order chi connectivity index (χ1) is 17.9. The standard InChI is InChI=1S/C27H25N5O5/c33-25-17-31(22-6-2-1-5-21(22)29-25)27(35)19-9-11-20(12-10-19)28-26(34)18-13-15-30(16-14-18)23-7-3-4-8-24(23)32(36)37/h1-12,18H,13-17H2,(H,28,34)(H,29,33). The third-order valence-corrected chi connectivity index (χ3v) is 6.70. The van der Waals surface area contributed by atoms with Crippen LogP contribution < -0.4 is 20.4 Å². The predicted molar refractivity (Wildman–Crippen MR) is 140 cm³/mol. The number of amides is 3. The number of carbonyl (C=O) groups excluding carboxylic acids is 3. The number of para-hydroxylation sites is 4. The van der Waals surface area contributed by atoms with Gasteiger partial charge in [0, 0.05) is 36.3 Å². The maximum atomic E-state index is 13.1. The molecule has 0 atom stereocenters. The Hall–Kier alpha value is -4.73. The highest BCUT2D eigenvalue weighted by molar-refractivity contribution is 6.15. The molecule has 0 spiro atoms. The van der Waals surface area contributed by atoms with Gasteiger partial charge in [0.25, 0.3) is 11.6 Å². The molecule has 37 heavy (non-hydrogen) atoms. The third kappa shape index (κ3) is 4.99. The number of piperidine rings is 1. The first-order valence-electron chi connectivity index (χ1n) is 12.0. The molecule has 0 saturated carbocycles. The van der Waals surface area contributed by atoms with Gasteiger partial charge in [-0.25, -0.2) is 0 Å². The minimum atomic E-state index is -0.388. The topological polar surface area (TPSA) is 125 Å². The highest BCUT2D eigenvalue weighted by Crippen LogP contribution is 2.32. The minimum Gasteiger partial charge on any atom is -0.366 e. The molecular weight excluding hydrogens is 474 g/mol. The maximum absolute atomic E-state index is 13.1. The number of hydrogen-bond donors (Lipinski definition) is 2. The zero-order valence-corrected chi connectivity index (χ0v) is 19.9. The number of benzene rings is 3. The molecule has 10 heteroatoms. The fourth-order valence-electron chi connectivity index (χ4n) is 4.78. The van der Waals surface area contributed by atoms with Gasteiger partial charge in [-0.15, -0.1) is 0 Å². The van der Waals surface area contributed by atoms with E-state index in [4.69, 9.17) is 0 Å². The van der Waals surface area contributed by atoms with Gasteiger partial charge in [-0.3, -0.25) is 29.4 Å². The van der Waals surface area contributed by atoms with E-state index in [0.717, 1.165) is 0 Å². The molecule has 3 amide bonds. The first-order valence-corrected chi connectivity index (χ1v) is 12.0. The summed E-state index contributed by atoms with van der Waals surface area (Å²) in [6.45, 7) is 1.02. The summed E-state index contributed by atoms with van der Waals surface area (Å²) in [6.07, 6.45) is 1.15. The van der Waals surface area contributed by atoms with Crippen molar-refractivity contribution in [3.8, 4) is 0 Å². The Morgan fingerprint density at radius 1 is 0.919 bits per heavy atom. The van der Waals surface area contributed by atoms with Gasteiger partial charge in [-0.1, -0.05) is 24.3 Å². The number of fused-ring (bicyclic) bond motifs is 1. The second-order valence-corrected chi connectivity index (χ2v) is 9.03. The summed E-state index contributed by atoms with van der Waals surface area (Å²) in [6, 6.07) is 20.4. The number of rotatable bonds is 5. The lowest BCUT2D eigenvalue weighted by atomic mass is 9.95. The van der Waals surface area contributed by atoms with Crippen molar-refractivity contribution in [2.45, 2.75) is 12.8 Å². The van der Waals surface area contributed by atoms with Crippen LogP contribution in [0.4, 0.5) is 28.4 Å². The monoisotopic (exact) mass is 499 g/mol. The van der Waals surface area contributed by atoms with Crippen molar-refractivity contribution in [1.29, 1.82) is 0 Å². The van der Waals surface area contributed by atoms with Crippen LogP contribution in [0.5, 0.6) is 0 Å². The van der Waals surface area contributed by atoms with Gasteiger partial charge in [-0.05, 0) is 55.3 Å². The maximum Gasteiger partial charge on any atom is 0.292 e. The molecule has 188 valence electrons. The van der Waals surface area contributed by atoms with E-state index in [9.17, 15) is 24.5 Å². The average Bonchev–Trinajstić information content (AvgIpc) is 2.92. The Bertz CT molecular complexity index is 1370. The molecule has 1 saturated heterocycles. The zero-order valence-electron chi connectivity index (χ0n) is 19.9. The number of carbonyl (C=O) groups is 3. The van der Waals surface area contributed by atoms with Gasteiger partial charge in [0.1, 0.15) is 12.2 Å². The van der Waals surface area contributed by atoms with Crippen LogP contribution >= 0.6 is 0 Å². The third-order valence-electron chi connectivity index (χ3n) is 6.70. The van der Waals surface area contributed by atoms with Crippen LogP contribution in [0.15, 0.2) is 72.8 Å². The van der Waals surface area contributed by atoms with Gasteiger partial charge >= 0.3 is 0 Å². The molecular formula is C27H25N5O5. The summed E-state index contributed by atoms with van der Waals surface area (Å²) >= 11 is 0. The fourth-order valence-corrected chi connectivity index (χ4v) is 4.78. The van der Waals surface area contributed by atoms with Crippen LogP contribution in [0.3, 0.4) is 0 Å². The highest BCUT2D eigenvalue weighted by Gasteiger charge is 2.29. The second-order valence-electron chi connectivity index (χ2n) is 9.03. The normalized spacial score (nSPS) is 15.5. The van der Waals surface area contributed by atoms with E-state index >= 15 is 0 Å². The van der Waals surface area contributed by atoms with Crippen LogP contribution in [0.25, 0.3) is 0 Å². The Morgan fingerprint density at radius 3 is 2.27 bits per heavy atom. The number of hydrogen-bond acceptors (Lipinski definition) is 6. The van der Waals surface area contributed by atoms with Crippen molar-refractivity contribution in [2.75, 3.05) is 40.1 Å². The molecule has 1 fully saturated rings. The Labute approximate surface area is 213 Å². The summed E-state index contributed by atoms with van der Waals surface area (Å²) in [4.78, 5) is 52.4. The molecule has 5 rings (SSSR count). The van der Waals surface area contributed by atoms with Crippen LogP contribution in [0.2, 0.25) is 0 Å². The summed E-state index contributed by atoms with van der Waals surface area (Å²) in [5, 5.41) is 17.0. The molecule has 0 aromatic heterocycles. The number of nitrogens with zero attached hydrogens (tertiary/aromatic N) is 3. The first kappa shape index (κ1) is 24.0. The quantitative estimate of drug-likeness (QED) is 0.403. The van der Waals surface area contributed by atoms with Gasteiger partial charge < -0.3 is 15.5 Å². The molecule has 2 aliphatic rings. The highest BCUT2D eigenvalue weighted by atomic mass is 16.6. The largest absolute Gasteiger partial charge is 0.366 e. The van der Waals surface area contributed by atoms with E-state index in [-0.39, 0.29) is 40.8 Å². The summed E-state index contributed by atoms with van der Waals surface area (Å²) in [5.41, 5.74) is 2.83. The molecule has 2 aliphatic heterocycles. The van der Waals surface area contributed by atoms with E-state index in [1.54, 1.807) is 66.7 Å². The van der Waals surface area contributed by atoms with Gasteiger partial charge in [0.05, 0.1) is 16.3 Å². The summed E-state index contributed by atoms with van der Waals surface area (Å²) < 4.78 is 0. The van der Waals surface area contributed by atoms with E-state index in [1.807, 2.05) is 4.90 Å². The molecule has 2 N–H and O–H groups in total. The lowest BCUT2D eigenvalue weighted by Crippen LogP contribution is -2.42. The van der Waals surface area contributed by atoms with E-state index in [0.29, 0.717) is 54.2 Å². The van der Waals surface area contributed by atoms with Crippen molar-refractivity contribution in [1.82, 2.24) is 0 Å². The van der Waals surface area contributed by atoms with Crippen molar-refractivity contribution in [2.24, 2.45) is 5.92 Å². The SMILES string of the molecule is O=C1CN(C(=O)c2ccc(NC(=O)C3CCN(c4ccccc4[N+](=O)[O-])CC3)cc2)c2ccccc2N1. The van der Waals surface area contributed by atoms with Crippen LogP contribution in [-0.2, 0) is 9.59 Å². The fraction of sp³-hybridized carbons (Fsp3) is 0.222. The van der Waals surface area contributed by atoms with Crippen LogP contribution in [-0.4, -0.2) is 42.3 Å². The number of nitro benzene ring substituents is 1. The lowest BCUT2D eigenvalue weighted by molar-refractivity contribution is -0.384. The smallest absolute Gasteiger partial charge is 0.292 e. The lowest BCUT2D eigenvalue weighted by Gasteiger charge is -2.32. The summed E-state index contributed by atoms with van der Waals surface area (Å²) in [5.74, 6) is -0.905. The number of nitro groups is 1. The van der Waals surface area contributed by atoms with E-state index in [1.165, 1.54) is 11.0 Å². The van der Waals surface area contributed by atoms with Gasteiger partial charge in [0.2, 0.25) is 11.8 Å². The predicted octanol–water partition coefficient (Wildman–Crippen LogP) is 4.05. The summed E-state index contributed by atoms with van der Waals surface area (Å²) in [7, 11) is 0. The van der Waals surface area contributed by atoms with Gasteiger partial charge in [0.15, 0.2) is 0 Å². The number of anilines is 4. The molecule has 0 aliphatic carbocycles. The van der Waals surface area contributed by atoms with Crippen molar-refractivity contribution in [3.63, 3.8) is 0 Å². The second kappa shape index (κ2) is 10.1. The van der Waals surface area contributed by atoms with Crippen molar-refractivity contribution in [3.05, 3.63) is 88.5 Å². The Kier molecular flexibility index (Phi) is 6.55. The number of nitrogens with one attached hydrogen (secondary N) is 2. The zero-order chi connectivity index (χ0) is 25.9. The van der Waals surface area contributed by atoms with E-state index in [2.05, 4.69) is 10.6 Å². The van der Waals surface area contributed by atoms with Crippen molar-refractivity contribution >= 4 is 46.2 Å². The van der Waals surface area contributed by atoms with E-state index < -0.39 is 0 Å². The molecule has 3 aromatic rings. The molecule has 10 nitrogen and oxygen atoms in total. The van der Waals surface area contributed by atoms with Crippen LogP contribution in [0.1, 0.15) is 23.2 Å². The Balaban J connectivity index is 1.20. The van der Waals surface area contributed by atoms with Crippen molar-refractivity contribution < 1.29 is 19.3 Å².